The SMILES string of the molecule is CCc1c(C=Cc2ccccc2)nc2ccccc2c1CC. The van der Waals surface area contributed by atoms with Crippen molar-refractivity contribution in [3.63, 3.8) is 0 Å². The van der Waals surface area contributed by atoms with Gasteiger partial charge in [-0.25, -0.2) is 4.98 Å². The van der Waals surface area contributed by atoms with Crippen LogP contribution >= 0.6 is 0 Å². The van der Waals surface area contributed by atoms with E-state index in [0.29, 0.717) is 0 Å². The minimum atomic E-state index is 1.01. The van der Waals surface area contributed by atoms with E-state index in [4.69, 9.17) is 4.98 Å². The van der Waals surface area contributed by atoms with E-state index >= 15 is 0 Å². The topological polar surface area (TPSA) is 12.9 Å². The van der Waals surface area contributed by atoms with Crippen LogP contribution in [0.2, 0.25) is 0 Å². The van der Waals surface area contributed by atoms with E-state index in [2.05, 4.69) is 74.5 Å². The summed E-state index contributed by atoms with van der Waals surface area (Å²) in [6.07, 6.45) is 6.35. The lowest BCUT2D eigenvalue weighted by Crippen LogP contribution is -2.00. The monoisotopic (exact) mass is 287 g/mol. The van der Waals surface area contributed by atoms with Gasteiger partial charge in [-0.15, -0.1) is 0 Å². The molecule has 0 aliphatic rings. The average molecular weight is 287 g/mol. The third-order valence-corrected chi connectivity index (χ3v) is 4.08. The maximum atomic E-state index is 4.88. The molecule has 0 saturated heterocycles. The number of hydrogen-bond donors (Lipinski definition) is 0. The number of hydrogen-bond acceptors (Lipinski definition) is 1. The highest BCUT2D eigenvalue weighted by atomic mass is 14.7. The summed E-state index contributed by atoms with van der Waals surface area (Å²) in [4.78, 5) is 4.88. The Kier molecular flexibility index (Phi) is 4.34. The molecule has 0 unspecified atom stereocenters. The number of aryl methyl sites for hydroxylation is 1. The predicted octanol–water partition coefficient (Wildman–Crippen LogP) is 5.53. The highest BCUT2D eigenvalue weighted by Gasteiger charge is 2.10. The molecule has 1 aromatic heterocycles. The smallest absolute Gasteiger partial charge is 0.0712 e. The van der Waals surface area contributed by atoms with Crippen molar-refractivity contribution < 1.29 is 0 Å². The van der Waals surface area contributed by atoms with E-state index in [9.17, 15) is 0 Å². The van der Waals surface area contributed by atoms with E-state index < -0.39 is 0 Å². The molecular weight excluding hydrogens is 266 g/mol. The summed E-state index contributed by atoms with van der Waals surface area (Å²) in [6.45, 7) is 4.44. The highest BCUT2D eigenvalue weighted by Crippen LogP contribution is 2.26. The van der Waals surface area contributed by atoms with Crippen LogP contribution in [0.4, 0.5) is 0 Å². The summed E-state index contributed by atoms with van der Waals surface area (Å²) in [5, 5.41) is 1.29. The van der Waals surface area contributed by atoms with Crippen LogP contribution in [-0.2, 0) is 12.8 Å². The quantitative estimate of drug-likeness (QED) is 0.615. The van der Waals surface area contributed by atoms with Gasteiger partial charge in [-0.05, 0) is 41.7 Å². The number of pyridine rings is 1. The molecule has 1 heteroatoms. The van der Waals surface area contributed by atoms with Crippen molar-refractivity contribution in [3.8, 4) is 0 Å². The first-order valence-electron chi connectivity index (χ1n) is 7.97. The van der Waals surface area contributed by atoms with Crippen molar-refractivity contribution in [2.75, 3.05) is 0 Å². The first-order chi connectivity index (χ1) is 10.8. The maximum absolute atomic E-state index is 4.88. The highest BCUT2D eigenvalue weighted by molar-refractivity contribution is 5.86. The van der Waals surface area contributed by atoms with Gasteiger partial charge < -0.3 is 0 Å². The summed E-state index contributed by atoms with van der Waals surface area (Å²) in [5.74, 6) is 0. The van der Waals surface area contributed by atoms with E-state index in [1.165, 1.54) is 22.1 Å². The van der Waals surface area contributed by atoms with E-state index in [-0.39, 0.29) is 0 Å². The third kappa shape index (κ3) is 2.80. The Morgan fingerprint density at radius 1 is 0.773 bits per heavy atom. The fraction of sp³-hybridized carbons (Fsp3) is 0.190. The zero-order valence-corrected chi connectivity index (χ0v) is 13.2. The van der Waals surface area contributed by atoms with E-state index in [1.807, 2.05) is 6.07 Å². The molecule has 0 N–H and O–H groups in total. The van der Waals surface area contributed by atoms with Crippen LogP contribution in [0.5, 0.6) is 0 Å². The lowest BCUT2D eigenvalue weighted by atomic mass is 9.96. The minimum Gasteiger partial charge on any atom is -0.248 e. The molecule has 3 rings (SSSR count). The predicted molar refractivity (Wildman–Crippen MR) is 95.9 cm³/mol. The number of para-hydroxylation sites is 1. The summed E-state index contributed by atoms with van der Waals surface area (Å²) in [5.41, 5.74) is 6.19. The Bertz CT molecular complexity index is 801. The molecule has 0 spiro atoms. The molecule has 0 fully saturated rings. The van der Waals surface area contributed by atoms with Crippen molar-refractivity contribution >= 4 is 23.1 Å². The Labute approximate surface area is 132 Å². The van der Waals surface area contributed by atoms with E-state index in [1.54, 1.807) is 0 Å². The molecule has 0 amide bonds. The van der Waals surface area contributed by atoms with Crippen molar-refractivity contribution in [1.29, 1.82) is 0 Å². The normalized spacial score (nSPS) is 11.4. The van der Waals surface area contributed by atoms with Gasteiger partial charge >= 0.3 is 0 Å². The lowest BCUT2D eigenvalue weighted by molar-refractivity contribution is 1.03. The summed E-state index contributed by atoms with van der Waals surface area (Å²) >= 11 is 0. The van der Waals surface area contributed by atoms with Crippen molar-refractivity contribution in [2.45, 2.75) is 26.7 Å². The van der Waals surface area contributed by atoms with Crippen molar-refractivity contribution in [3.05, 3.63) is 77.0 Å². The average Bonchev–Trinajstić information content (AvgIpc) is 2.59. The maximum Gasteiger partial charge on any atom is 0.0712 e. The zero-order valence-electron chi connectivity index (χ0n) is 13.2. The Morgan fingerprint density at radius 3 is 2.18 bits per heavy atom. The summed E-state index contributed by atoms with van der Waals surface area (Å²) in [6, 6.07) is 18.8. The number of aromatic nitrogens is 1. The van der Waals surface area contributed by atoms with Gasteiger partial charge in [-0.1, -0.05) is 68.5 Å². The molecule has 3 aromatic rings. The van der Waals surface area contributed by atoms with Crippen LogP contribution in [0.3, 0.4) is 0 Å². The summed E-state index contributed by atoms with van der Waals surface area (Å²) < 4.78 is 0. The Morgan fingerprint density at radius 2 is 1.45 bits per heavy atom. The number of rotatable bonds is 4. The third-order valence-electron chi connectivity index (χ3n) is 4.08. The molecule has 0 radical (unpaired) electrons. The Balaban J connectivity index is 2.14. The number of fused-ring (bicyclic) bond motifs is 1. The number of nitrogens with zero attached hydrogens (tertiary/aromatic N) is 1. The van der Waals surface area contributed by atoms with E-state index in [0.717, 1.165) is 24.1 Å². The van der Waals surface area contributed by atoms with Gasteiger partial charge in [-0.2, -0.15) is 0 Å². The lowest BCUT2D eigenvalue weighted by Gasteiger charge is -2.13. The molecule has 0 saturated carbocycles. The second kappa shape index (κ2) is 6.57. The first-order valence-corrected chi connectivity index (χ1v) is 7.97. The number of benzene rings is 2. The molecule has 0 aliphatic carbocycles. The van der Waals surface area contributed by atoms with Gasteiger partial charge in [0.2, 0.25) is 0 Å². The van der Waals surface area contributed by atoms with Crippen LogP contribution < -0.4 is 0 Å². The molecule has 0 aliphatic heterocycles. The van der Waals surface area contributed by atoms with Crippen molar-refractivity contribution in [2.24, 2.45) is 0 Å². The molecule has 1 nitrogen and oxygen atoms in total. The van der Waals surface area contributed by atoms with Crippen LogP contribution in [0.25, 0.3) is 23.1 Å². The zero-order chi connectivity index (χ0) is 15.4. The van der Waals surface area contributed by atoms with Gasteiger partial charge in [0, 0.05) is 5.39 Å². The van der Waals surface area contributed by atoms with Gasteiger partial charge in [-0.3, -0.25) is 0 Å². The second-order valence-electron chi connectivity index (χ2n) is 5.42. The summed E-state index contributed by atoms with van der Waals surface area (Å²) in [7, 11) is 0. The molecule has 22 heavy (non-hydrogen) atoms. The fourth-order valence-electron chi connectivity index (χ4n) is 3.02. The van der Waals surface area contributed by atoms with Gasteiger partial charge in [0.15, 0.2) is 0 Å². The minimum absolute atomic E-state index is 1.01. The largest absolute Gasteiger partial charge is 0.248 e. The molecular formula is C21H21N. The van der Waals surface area contributed by atoms with Crippen molar-refractivity contribution in [1.82, 2.24) is 4.98 Å². The molecule has 0 atom stereocenters. The standard InChI is InChI=1S/C21H21N/c1-3-17-18(4-2)21(15-14-16-10-6-5-7-11-16)22-20-13-9-8-12-19(17)20/h5-15H,3-4H2,1-2H3. The van der Waals surface area contributed by atoms with Gasteiger partial charge in [0.25, 0.3) is 0 Å². The Hall–Kier alpha value is -2.41. The van der Waals surface area contributed by atoms with Crippen LogP contribution in [0.15, 0.2) is 54.6 Å². The fourth-order valence-corrected chi connectivity index (χ4v) is 3.02. The molecule has 110 valence electrons. The molecule has 0 bridgehead atoms. The van der Waals surface area contributed by atoms with Crippen LogP contribution in [0.1, 0.15) is 36.2 Å². The van der Waals surface area contributed by atoms with Gasteiger partial charge in [0.1, 0.15) is 0 Å². The molecule has 2 aromatic carbocycles. The first kappa shape index (κ1) is 14.5. The molecule has 1 heterocycles. The van der Waals surface area contributed by atoms with Crippen LogP contribution in [-0.4, -0.2) is 4.98 Å². The van der Waals surface area contributed by atoms with Gasteiger partial charge in [0.05, 0.1) is 11.2 Å². The van der Waals surface area contributed by atoms with Crippen LogP contribution in [0, 0.1) is 0 Å². The second-order valence-corrected chi connectivity index (χ2v) is 5.42.